The molecule has 0 aliphatic heterocycles. The second-order valence-electron chi connectivity index (χ2n) is 5.71. The van der Waals surface area contributed by atoms with Crippen molar-refractivity contribution in [1.82, 2.24) is 4.98 Å². The van der Waals surface area contributed by atoms with Gasteiger partial charge in [0.05, 0.1) is 5.56 Å². The molecule has 0 radical (unpaired) electrons. The van der Waals surface area contributed by atoms with E-state index in [0.29, 0.717) is 17.5 Å². The fourth-order valence-corrected chi connectivity index (χ4v) is 2.74. The molecule has 0 spiro atoms. The maximum Gasteiger partial charge on any atom is 0.144 e. The van der Waals surface area contributed by atoms with Gasteiger partial charge in [0, 0.05) is 11.7 Å². The molecule has 1 aliphatic rings. The summed E-state index contributed by atoms with van der Waals surface area (Å²) in [6, 6.07) is 4.70. The molecule has 0 amide bonds. The van der Waals surface area contributed by atoms with E-state index in [1.807, 2.05) is 6.07 Å². The Bertz CT molecular complexity index is 486. The summed E-state index contributed by atoms with van der Waals surface area (Å²) in [6.07, 6.45) is 5.59. The van der Waals surface area contributed by atoms with Crippen molar-refractivity contribution in [3.63, 3.8) is 0 Å². The minimum atomic E-state index is 0.376. The number of anilines is 1. The molecule has 0 bridgehead atoms. The molecule has 0 fully saturated rings. The maximum atomic E-state index is 9.31. The van der Waals surface area contributed by atoms with E-state index in [-0.39, 0.29) is 0 Å². The van der Waals surface area contributed by atoms with Gasteiger partial charge >= 0.3 is 0 Å². The Morgan fingerprint density at radius 1 is 1.37 bits per heavy atom. The molecule has 1 N–H and O–H groups in total. The van der Waals surface area contributed by atoms with Gasteiger partial charge in [0.2, 0.25) is 0 Å². The number of aryl methyl sites for hydroxylation is 2. The molecular formula is C16H23N3. The summed E-state index contributed by atoms with van der Waals surface area (Å²) in [5.74, 6) is 1.32. The van der Waals surface area contributed by atoms with Gasteiger partial charge in [-0.2, -0.15) is 5.26 Å². The van der Waals surface area contributed by atoms with Crippen LogP contribution in [0.25, 0.3) is 0 Å². The first-order valence-corrected chi connectivity index (χ1v) is 7.35. The normalized spacial score (nSPS) is 15.7. The lowest BCUT2D eigenvalue weighted by Crippen LogP contribution is -2.26. The lowest BCUT2D eigenvalue weighted by Gasteiger charge is -2.24. The van der Waals surface area contributed by atoms with Crippen molar-refractivity contribution in [1.29, 1.82) is 5.26 Å². The predicted molar refractivity (Wildman–Crippen MR) is 78.1 cm³/mol. The van der Waals surface area contributed by atoms with E-state index in [0.717, 1.165) is 25.1 Å². The zero-order valence-electron chi connectivity index (χ0n) is 12.2. The molecule has 3 heteroatoms. The van der Waals surface area contributed by atoms with Crippen LogP contribution in [0.1, 0.15) is 56.9 Å². The first-order valence-electron chi connectivity index (χ1n) is 7.35. The second-order valence-corrected chi connectivity index (χ2v) is 5.71. The number of rotatable bonds is 4. The topological polar surface area (TPSA) is 48.7 Å². The van der Waals surface area contributed by atoms with E-state index in [1.165, 1.54) is 24.1 Å². The number of nitrogens with zero attached hydrogens (tertiary/aromatic N) is 2. The molecule has 1 atom stereocenters. The van der Waals surface area contributed by atoms with Crippen LogP contribution in [-0.2, 0) is 12.8 Å². The summed E-state index contributed by atoms with van der Waals surface area (Å²) in [5.41, 5.74) is 3.15. The van der Waals surface area contributed by atoms with E-state index in [2.05, 4.69) is 32.2 Å². The van der Waals surface area contributed by atoms with Crippen molar-refractivity contribution in [2.24, 2.45) is 5.92 Å². The maximum absolute atomic E-state index is 9.31. The van der Waals surface area contributed by atoms with E-state index in [9.17, 15) is 5.26 Å². The summed E-state index contributed by atoms with van der Waals surface area (Å²) in [6.45, 7) is 6.57. The standard InChI is InChI=1S/C16H23N3/c1-4-14(11(2)3)18-16-13(10-17)9-12-7-5-6-8-15(12)19-16/h9,11,14H,4-8H2,1-3H3,(H,18,19). The number of aromatic nitrogens is 1. The lowest BCUT2D eigenvalue weighted by molar-refractivity contribution is 0.509. The van der Waals surface area contributed by atoms with Crippen LogP contribution in [-0.4, -0.2) is 11.0 Å². The van der Waals surface area contributed by atoms with Crippen molar-refractivity contribution in [3.05, 3.63) is 22.9 Å². The molecule has 102 valence electrons. The molecule has 0 aromatic carbocycles. The molecular weight excluding hydrogens is 234 g/mol. The Balaban J connectivity index is 2.31. The Kier molecular flexibility index (Phi) is 4.42. The quantitative estimate of drug-likeness (QED) is 0.895. The van der Waals surface area contributed by atoms with E-state index < -0.39 is 0 Å². The lowest BCUT2D eigenvalue weighted by atomic mass is 9.94. The molecule has 0 saturated carbocycles. The number of hydrogen-bond acceptors (Lipinski definition) is 3. The molecule has 1 heterocycles. The summed E-state index contributed by atoms with van der Waals surface area (Å²) >= 11 is 0. The zero-order valence-corrected chi connectivity index (χ0v) is 12.2. The average molecular weight is 257 g/mol. The van der Waals surface area contributed by atoms with Crippen LogP contribution in [0.15, 0.2) is 6.07 Å². The first-order chi connectivity index (χ1) is 9.15. The van der Waals surface area contributed by atoms with Crippen molar-refractivity contribution >= 4 is 5.82 Å². The second kappa shape index (κ2) is 6.06. The van der Waals surface area contributed by atoms with Crippen LogP contribution in [0.5, 0.6) is 0 Å². The number of pyridine rings is 1. The third-order valence-corrected chi connectivity index (χ3v) is 3.99. The van der Waals surface area contributed by atoms with Crippen molar-refractivity contribution in [2.75, 3.05) is 5.32 Å². The minimum Gasteiger partial charge on any atom is -0.366 e. The Hall–Kier alpha value is -1.56. The highest BCUT2D eigenvalue weighted by atomic mass is 15.0. The third kappa shape index (κ3) is 3.07. The van der Waals surface area contributed by atoms with Gasteiger partial charge in [-0.3, -0.25) is 0 Å². The van der Waals surface area contributed by atoms with Crippen molar-refractivity contribution in [3.8, 4) is 6.07 Å². The van der Waals surface area contributed by atoms with Crippen LogP contribution in [0.2, 0.25) is 0 Å². The van der Waals surface area contributed by atoms with Gasteiger partial charge in [-0.05, 0) is 49.7 Å². The third-order valence-electron chi connectivity index (χ3n) is 3.99. The summed E-state index contributed by atoms with van der Waals surface area (Å²) in [7, 11) is 0. The van der Waals surface area contributed by atoms with Crippen molar-refractivity contribution < 1.29 is 0 Å². The number of nitriles is 1. The Morgan fingerprint density at radius 3 is 2.74 bits per heavy atom. The molecule has 19 heavy (non-hydrogen) atoms. The van der Waals surface area contributed by atoms with Gasteiger partial charge < -0.3 is 5.32 Å². The monoisotopic (exact) mass is 257 g/mol. The van der Waals surface area contributed by atoms with Gasteiger partial charge in [-0.25, -0.2) is 4.98 Å². The fourth-order valence-electron chi connectivity index (χ4n) is 2.74. The van der Waals surface area contributed by atoms with E-state index >= 15 is 0 Å². The summed E-state index contributed by atoms with van der Waals surface area (Å²) < 4.78 is 0. The van der Waals surface area contributed by atoms with E-state index in [1.54, 1.807) is 0 Å². The first kappa shape index (κ1) is 13.9. The van der Waals surface area contributed by atoms with Crippen molar-refractivity contribution in [2.45, 2.75) is 58.9 Å². The molecule has 1 aromatic rings. The molecule has 1 aromatic heterocycles. The fraction of sp³-hybridized carbons (Fsp3) is 0.625. The van der Waals surface area contributed by atoms with Crippen LogP contribution in [0.4, 0.5) is 5.82 Å². The Labute approximate surface area is 116 Å². The van der Waals surface area contributed by atoms with Crippen LogP contribution < -0.4 is 5.32 Å². The minimum absolute atomic E-state index is 0.376. The molecule has 0 saturated heterocycles. The zero-order chi connectivity index (χ0) is 13.8. The van der Waals surface area contributed by atoms with Gasteiger partial charge in [-0.1, -0.05) is 20.8 Å². The molecule has 3 nitrogen and oxygen atoms in total. The van der Waals surface area contributed by atoms with Gasteiger partial charge in [0.25, 0.3) is 0 Å². The summed E-state index contributed by atoms with van der Waals surface area (Å²) in [4.78, 5) is 4.72. The van der Waals surface area contributed by atoms with Crippen LogP contribution in [0.3, 0.4) is 0 Å². The highest BCUT2D eigenvalue weighted by molar-refractivity contribution is 5.55. The van der Waals surface area contributed by atoms with Gasteiger partial charge in [-0.15, -0.1) is 0 Å². The van der Waals surface area contributed by atoms with Crippen LogP contribution >= 0.6 is 0 Å². The molecule has 1 aliphatic carbocycles. The predicted octanol–water partition coefficient (Wildman–Crippen LogP) is 3.68. The highest BCUT2D eigenvalue weighted by Crippen LogP contribution is 2.25. The number of nitrogens with one attached hydrogen (secondary N) is 1. The number of hydrogen-bond donors (Lipinski definition) is 1. The van der Waals surface area contributed by atoms with E-state index in [4.69, 9.17) is 4.98 Å². The molecule has 1 unspecified atom stereocenters. The Morgan fingerprint density at radius 2 is 2.11 bits per heavy atom. The summed E-state index contributed by atoms with van der Waals surface area (Å²) in [5, 5.41) is 12.8. The smallest absolute Gasteiger partial charge is 0.144 e. The van der Waals surface area contributed by atoms with Gasteiger partial charge in [0.1, 0.15) is 11.9 Å². The largest absolute Gasteiger partial charge is 0.366 e. The number of fused-ring (bicyclic) bond motifs is 1. The molecule has 2 rings (SSSR count). The average Bonchev–Trinajstić information content (AvgIpc) is 2.43. The van der Waals surface area contributed by atoms with Gasteiger partial charge in [0.15, 0.2) is 0 Å². The highest BCUT2D eigenvalue weighted by Gasteiger charge is 2.18. The SMILES string of the molecule is CCC(Nc1nc2c(cc1C#N)CCCC2)C(C)C. The van der Waals surface area contributed by atoms with Crippen LogP contribution in [0, 0.1) is 17.2 Å².